The van der Waals surface area contributed by atoms with Crippen molar-refractivity contribution in [1.29, 1.82) is 0 Å². The van der Waals surface area contributed by atoms with Crippen LogP contribution in [0, 0.1) is 0 Å². The fraction of sp³-hybridized carbons (Fsp3) is 0.200. The average Bonchev–Trinajstić information content (AvgIpc) is 3.09. The van der Waals surface area contributed by atoms with Crippen molar-refractivity contribution in [3.63, 3.8) is 0 Å². The normalized spacial score (nSPS) is 23.1. The minimum absolute atomic E-state index is 0.305. The molecule has 0 saturated heterocycles. The first-order valence-electron chi connectivity index (χ1n) is 6.03. The van der Waals surface area contributed by atoms with Gasteiger partial charge in [0.05, 0.1) is 18.1 Å². The molecule has 17 heavy (non-hydrogen) atoms. The van der Waals surface area contributed by atoms with Gasteiger partial charge in [0.25, 0.3) is 0 Å². The van der Waals surface area contributed by atoms with Crippen LogP contribution in [0.15, 0.2) is 72.9 Å². The number of rotatable bonds is 4. The molecule has 0 bridgehead atoms. The SMILES string of the molecule is C1=CC(NN(C2C=CC=C2)C2C=CC=C2)C=C1. The summed E-state index contributed by atoms with van der Waals surface area (Å²) in [5.41, 5.74) is 3.55. The number of hydrogen-bond acceptors (Lipinski definition) is 2. The Morgan fingerprint density at radius 2 is 1.00 bits per heavy atom. The molecule has 3 aliphatic rings. The molecule has 86 valence electrons. The molecular formula is C15H16N2. The summed E-state index contributed by atoms with van der Waals surface area (Å²) in [6.45, 7) is 0. The molecule has 2 nitrogen and oxygen atoms in total. The van der Waals surface area contributed by atoms with Crippen LogP contribution >= 0.6 is 0 Å². The Labute approximate surface area is 102 Å². The summed E-state index contributed by atoms with van der Waals surface area (Å²) in [5, 5.41) is 2.28. The smallest absolute Gasteiger partial charge is 0.0621 e. The van der Waals surface area contributed by atoms with E-state index in [4.69, 9.17) is 0 Å². The van der Waals surface area contributed by atoms with E-state index >= 15 is 0 Å². The Hall–Kier alpha value is -1.64. The van der Waals surface area contributed by atoms with E-state index < -0.39 is 0 Å². The molecule has 0 aromatic carbocycles. The molecule has 3 rings (SSSR count). The van der Waals surface area contributed by atoms with Crippen molar-refractivity contribution in [2.75, 3.05) is 0 Å². The van der Waals surface area contributed by atoms with Crippen molar-refractivity contribution >= 4 is 0 Å². The van der Waals surface area contributed by atoms with Gasteiger partial charge in [-0.2, -0.15) is 0 Å². The predicted octanol–water partition coefficient (Wildman–Crippen LogP) is 2.28. The average molecular weight is 224 g/mol. The van der Waals surface area contributed by atoms with Gasteiger partial charge in [-0.3, -0.25) is 0 Å². The van der Waals surface area contributed by atoms with E-state index in [0.717, 1.165) is 0 Å². The van der Waals surface area contributed by atoms with E-state index in [0.29, 0.717) is 18.1 Å². The third-order valence-electron chi connectivity index (χ3n) is 3.14. The van der Waals surface area contributed by atoms with Gasteiger partial charge in [-0.15, -0.1) is 0 Å². The summed E-state index contributed by atoms with van der Waals surface area (Å²) in [5.74, 6) is 0. The highest BCUT2D eigenvalue weighted by Gasteiger charge is 2.23. The van der Waals surface area contributed by atoms with E-state index in [2.05, 4.69) is 83.3 Å². The molecule has 0 unspecified atom stereocenters. The third-order valence-corrected chi connectivity index (χ3v) is 3.14. The lowest BCUT2D eigenvalue weighted by Gasteiger charge is -2.33. The summed E-state index contributed by atoms with van der Waals surface area (Å²) in [6, 6.07) is 0.962. The van der Waals surface area contributed by atoms with E-state index in [-0.39, 0.29) is 0 Å². The van der Waals surface area contributed by atoms with Crippen LogP contribution in [0.5, 0.6) is 0 Å². The molecular weight excluding hydrogens is 208 g/mol. The van der Waals surface area contributed by atoms with Gasteiger partial charge in [0, 0.05) is 0 Å². The molecule has 0 atom stereocenters. The van der Waals surface area contributed by atoms with Crippen LogP contribution in [-0.2, 0) is 0 Å². The zero-order valence-corrected chi connectivity index (χ0v) is 9.61. The zero-order valence-electron chi connectivity index (χ0n) is 9.61. The monoisotopic (exact) mass is 224 g/mol. The summed E-state index contributed by atoms with van der Waals surface area (Å²) in [6.07, 6.45) is 25.7. The molecule has 2 heteroatoms. The highest BCUT2D eigenvalue weighted by atomic mass is 15.5. The fourth-order valence-electron chi connectivity index (χ4n) is 2.27. The Balaban J connectivity index is 1.75. The minimum Gasteiger partial charge on any atom is -0.243 e. The molecule has 0 fully saturated rings. The standard InChI is InChI=1S/C15H16N2/c1-2-8-13(7-1)16-17(14-9-3-4-10-14)15-11-5-6-12-15/h1-16H. The first-order chi connectivity index (χ1) is 8.43. The quantitative estimate of drug-likeness (QED) is 0.737. The van der Waals surface area contributed by atoms with Crippen LogP contribution in [0.2, 0.25) is 0 Å². The van der Waals surface area contributed by atoms with E-state index in [1.807, 2.05) is 0 Å². The number of allylic oxidation sites excluding steroid dienone is 6. The fourth-order valence-corrected chi connectivity index (χ4v) is 2.27. The molecule has 0 aliphatic heterocycles. The first kappa shape index (κ1) is 10.5. The molecule has 1 N–H and O–H groups in total. The summed E-state index contributed by atoms with van der Waals surface area (Å²) >= 11 is 0. The molecule has 0 amide bonds. The number of hydrogen-bond donors (Lipinski definition) is 1. The molecule has 3 aliphatic carbocycles. The largest absolute Gasteiger partial charge is 0.243 e. The van der Waals surface area contributed by atoms with Gasteiger partial charge in [-0.05, 0) is 0 Å². The molecule has 0 aromatic rings. The molecule has 0 spiro atoms. The third kappa shape index (κ3) is 2.23. The van der Waals surface area contributed by atoms with Gasteiger partial charge in [0.2, 0.25) is 0 Å². The van der Waals surface area contributed by atoms with Crippen LogP contribution in [-0.4, -0.2) is 23.1 Å². The lowest BCUT2D eigenvalue weighted by atomic mass is 10.2. The maximum Gasteiger partial charge on any atom is 0.0621 e. The van der Waals surface area contributed by atoms with Gasteiger partial charge < -0.3 is 0 Å². The number of hydrazine groups is 1. The van der Waals surface area contributed by atoms with Crippen molar-refractivity contribution in [3.8, 4) is 0 Å². The maximum atomic E-state index is 3.55. The van der Waals surface area contributed by atoms with Gasteiger partial charge in [0.1, 0.15) is 0 Å². The van der Waals surface area contributed by atoms with E-state index in [1.54, 1.807) is 0 Å². The topological polar surface area (TPSA) is 15.3 Å². The first-order valence-corrected chi connectivity index (χ1v) is 6.03. The zero-order chi connectivity index (χ0) is 11.5. The summed E-state index contributed by atoms with van der Waals surface area (Å²) in [7, 11) is 0. The van der Waals surface area contributed by atoms with E-state index in [9.17, 15) is 0 Å². The van der Waals surface area contributed by atoms with Gasteiger partial charge in [-0.1, -0.05) is 72.9 Å². The van der Waals surface area contributed by atoms with Crippen molar-refractivity contribution in [2.24, 2.45) is 0 Å². The van der Waals surface area contributed by atoms with Crippen LogP contribution in [0.3, 0.4) is 0 Å². The lowest BCUT2D eigenvalue weighted by Crippen LogP contribution is -2.51. The lowest BCUT2D eigenvalue weighted by molar-refractivity contribution is 0.156. The Kier molecular flexibility index (Phi) is 2.90. The Morgan fingerprint density at radius 1 is 0.588 bits per heavy atom. The van der Waals surface area contributed by atoms with Crippen LogP contribution in [0.1, 0.15) is 0 Å². The van der Waals surface area contributed by atoms with Crippen molar-refractivity contribution in [2.45, 2.75) is 18.1 Å². The summed E-state index contributed by atoms with van der Waals surface area (Å²) in [4.78, 5) is 0. The maximum absolute atomic E-state index is 3.55. The van der Waals surface area contributed by atoms with Crippen molar-refractivity contribution in [1.82, 2.24) is 10.4 Å². The highest BCUT2D eigenvalue weighted by molar-refractivity contribution is 5.28. The number of nitrogens with one attached hydrogen (secondary N) is 1. The minimum atomic E-state index is 0.305. The van der Waals surface area contributed by atoms with Crippen LogP contribution < -0.4 is 5.43 Å². The van der Waals surface area contributed by atoms with Gasteiger partial charge in [0.15, 0.2) is 0 Å². The van der Waals surface area contributed by atoms with Crippen molar-refractivity contribution in [3.05, 3.63) is 72.9 Å². The summed E-state index contributed by atoms with van der Waals surface area (Å²) < 4.78 is 0. The second-order valence-corrected chi connectivity index (χ2v) is 4.35. The Morgan fingerprint density at radius 3 is 1.47 bits per heavy atom. The molecule has 0 aromatic heterocycles. The number of nitrogens with zero attached hydrogens (tertiary/aromatic N) is 1. The molecule has 0 saturated carbocycles. The predicted molar refractivity (Wildman–Crippen MR) is 71.2 cm³/mol. The van der Waals surface area contributed by atoms with Crippen molar-refractivity contribution < 1.29 is 0 Å². The second-order valence-electron chi connectivity index (χ2n) is 4.35. The van der Waals surface area contributed by atoms with Gasteiger partial charge in [-0.25, -0.2) is 10.4 Å². The Bertz CT molecular complexity index is 388. The highest BCUT2D eigenvalue weighted by Crippen LogP contribution is 2.17. The molecule has 0 heterocycles. The van der Waals surface area contributed by atoms with E-state index in [1.165, 1.54) is 0 Å². The van der Waals surface area contributed by atoms with Gasteiger partial charge >= 0.3 is 0 Å². The van der Waals surface area contributed by atoms with Crippen LogP contribution in [0.4, 0.5) is 0 Å². The second kappa shape index (κ2) is 4.70. The van der Waals surface area contributed by atoms with Crippen LogP contribution in [0.25, 0.3) is 0 Å². The molecule has 0 radical (unpaired) electrons.